The van der Waals surface area contributed by atoms with Crippen LogP contribution in [0.25, 0.3) is 0 Å². The van der Waals surface area contributed by atoms with E-state index in [-0.39, 0.29) is 0 Å². The Bertz CT molecular complexity index is 394. The molecule has 1 aromatic carbocycles. The lowest BCUT2D eigenvalue weighted by atomic mass is 9.86. The first-order valence-corrected chi connectivity index (χ1v) is 7.97. The monoisotopic (exact) mass is 358 g/mol. The Morgan fingerprint density at radius 1 is 1.33 bits per heavy atom. The minimum atomic E-state index is 0.596. The SMILES string of the molecule is CCNC1CCN(c2ccccc2I)C(C)C1C. The summed E-state index contributed by atoms with van der Waals surface area (Å²) in [4.78, 5) is 2.57. The van der Waals surface area contributed by atoms with E-state index in [4.69, 9.17) is 0 Å². The summed E-state index contributed by atoms with van der Waals surface area (Å²) in [5.74, 6) is 0.690. The molecular formula is C15H23IN2. The van der Waals surface area contributed by atoms with Crippen molar-refractivity contribution in [2.75, 3.05) is 18.0 Å². The van der Waals surface area contributed by atoms with Gasteiger partial charge in [-0.3, -0.25) is 0 Å². The number of hydrogen-bond donors (Lipinski definition) is 1. The van der Waals surface area contributed by atoms with Crippen LogP contribution in [-0.4, -0.2) is 25.2 Å². The van der Waals surface area contributed by atoms with Crippen molar-refractivity contribution in [3.63, 3.8) is 0 Å². The van der Waals surface area contributed by atoms with Gasteiger partial charge in [0.2, 0.25) is 0 Å². The fraction of sp³-hybridized carbons (Fsp3) is 0.600. The molecule has 1 saturated heterocycles. The highest BCUT2D eigenvalue weighted by atomic mass is 127. The molecule has 1 aliphatic rings. The van der Waals surface area contributed by atoms with Crippen LogP contribution >= 0.6 is 22.6 Å². The van der Waals surface area contributed by atoms with Crippen molar-refractivity contribution >= 4 is 28.3 Å². The number of anilines is 1. The third-order valence-corrected chi connectivity index (χ3v) is 5.11. The van der Waals surface area contributed by atoms with Crippen LogP contribution < -0.4 is 10.2 Å². The lowest BCUT2D eigenvalue weighted by Crippen LogP contribution is -2.53. The highest BCUT2D eigenvalue weighted by Crippen LogP contribution is 2.31. The number of para-hydroxylation sites is 1. The molecular weight excluding hydrogens is 335 g/mol. The molecule has 0 aliphatic carbocycles. The number of halogens is 1. The molecule has 1 heterocycles. The van der Waals surface area contributed by atoms with Crippen LogP contribution in [0.15, 0.2) is 24.3 Å². The molecule has 1 N–H and O–H groups in total. The van der Waals surface area contributed by atoms with E-state index in [1.165, 1.54) is 15.7 Å². The zero-order valence-electron chi connectivity index (χ0n) is 11.5. The fourth-order valence-electron chi connectivity index (χ4n) is 2.94. The van der Waals surface area contributed by atoms with Crippen molar-refractivity contribution in [2.45, 2.75) is 39.3 Å². The Labute approximate surface area is 124 Å². The van der Waals surface area contributed by atoms with Crippen LogP contribution in [0.3, 0.4) is 0 Å². The van der Waals surface area contributed by atoms with Gasteiger partial charge in [-0.1, -0.05) is 26.0 Å². The van der Waals surface area contributed by atoms with E-state index in [0.717, 1.165) is 13.1 Å². The molecule has 0 aromatic heterocycles. The predicted molar refractivity (Wildman–Crippen MR) is 87.2 cm³/mol. The van der Waals surface area contributed by atoms with E-state index in [2.05, 4.69) is 77.8 Å². The lowest BCUT2D eigenvalue weighted by Gasteiger charge is -2.44. The summed E-state index contributed by atoms with van der Waals surface area (Å²) < 4.78 is 1.36. The van der Waals surface area contributed by atoms with Gasteiger partial charge in [-0.15, -0.1) is 0 Å². The fourth-order valence-corrected chi connectivity index (χ4v) is 3.64. The first-order chi connectivity index (χ1) is 8.65. The maximum atomic E-state index is 3.62. The number of benzene rings is 1. The van der Waals surface area contributed by atoms with Crippen molar-refractivity contribution in [3.05, 3.63) is 27.8 Å². The zero-order chi connectivity index (χ0) is 13.1. The second-order valence-corrected chi connectivity index (χ2v) is 6.36. The molecule has 3 unspecified atom stereocenters. The highest BCUT2D eigenvalue weighted by molar-refractivity contribution is 14.1. The van der Waals surface area contributed by atoms with Crippen LogP contribution in [0.1, 0.15) is 27.2 Å². The van der Waals surface area contributed by atoms with Crippen LogP contribution in [0.2, 0.25) is 0 Å². The molecule has 2 nitrogen and oxygen atoms in total. The van der Waals surface area contributed by atoms with Crippen LogP contribution in [-0.2, 0) is 0 Å². The second-order valence-electron chi connectivity index (χ2n) is 5.20. The summed E-state index contributed by atoms with van der Waals surface area (Å²) in [6.45, 7) is 9.16. The van der Waals surface area contributed by atoms with E-state index in [9.17, 15) is 0 Å². The van der Waals surface area contributed by atoms with Crippen molar-refractivity contribution in [1.29, 1.82) is 0 Å². The first kappa shape index (κ1) is 14.1. The molecule has 100 valence electrons. The summed E-state index contributed by atoms with van der Waals surface area (Å²) in [6, 6.07) is 9.97. The van der Waals surface area contributed by atoms with Gasteiger partial charge < -0.3 is 10.2 Å². The Morgan fingerprint density at radius 2 is 2.06 bits per heavy atom. The molecule has 0 radical (unpaired) electrons. The van der Waals surface area contributed by atoms with Crippen molar-refractivity contribution < 1.29 is 0 Å². The largest absolute Gasteiger partial charge is 0.368 e. The standard InChI is InChI=1S/C15H23IN2/c1-4-17-14-9-10-18(12(3)11(14)2)15-8-6-5-7-13(15)16/h5-8,11-12,14,17H,4,9-10H2,1-3H3. The van der Waals surface area contributed by atoms with E-state index in [1.54, 1.807) is 0 Å². The number of nitrogens with one attached hydrogen (secondary N) is 1. The number of rotatable bonds is 3. The molecule has 0 spiro atoms. The summed E-state index contributed by atoms with van der Waals surface area (Å²) >= 11 is 2.44. The maximum absolute atomic E-state index is 3.62. The molecule has 3 atom stereocenters. The van der Waals surface area contributed by atoms with Gasteiger partial charge >= 0.3 is 0 Å². The normalized spacial score (nSPS) is 28.4. The number of piperidine rings is 1. The van der Waals surface area contributed by atoms with Crippen LogP contribution in [0.4, 0.5) is 5.69 Å². The van der Waals surface area contributed by atoms with Crippen molar-refractivity contribution in [2.24, 2.45) is 5.92 Å². The van der Waals surface area contributed by atoms with Gasteiger partial charge in [0.25, 0.3) is 0 Å². The van der Waals surface area contributed by atoms with Gasteiger partial charge in [0.05, 0.1) is 5.69 Å². The number of nitrogens with zero attached hydrogens (tertiary/aromatic N) is 1. The van der Waals surface area contributed by atoms with E-state index >= 15 is 0 Å². The van der Waals surface area contributed by atoms with E-state index in [1.807, 2.05) is 0 Å². The van der Waals surface area contributed by atoms with Gasteiger partial charge in [-0.2, -0.15) is 0 Å². The number of hydrogen-bond acceptors (Lipinski definition) is 2. The smallest absolute Gasteiger partial charge is 0.0504 e. The quantitative estimate of drug-likeness (QED) is 0.832. The average Bonchev–Trinajstić information content (AvgIpc) is 2.37. The molecule has 0 amide bonds. The topological polar surface area (TPSA) is 15.3 Å². The van der Waals surface area contributed by atoms with Gasteiger partial charge in [0.15, 0.2) is 0 Å². The molecule has 0 bridgehead atoms. The average molecular weight is 358 g/mol. The van der Waals surface area contributed by atoms with Crippen LogP contribution in [0.5, 0.6) is 0 Å². The lowest BCUT2D eigenvalue weighted by molar-refractivity contribution is 0.274. The molecule has 1 aliphatic heterocycles. The molecule has 2 rings (SSSR count). The second kappa shape index (κ2) is 6.24. The summed E-state index contributed by atoms with van der Waals surface area (Å²) in [6.07, 6.45) is 1.24. The molecule has 0 saturated carbocycles. The summed E-state index contributed by atoms with van der Waals surface area (Å²) in [7, 11) is 0. The Hall–Kier alpha value is -0.290. The van der Waals surface area contributed by atoms with Gasteiger partial charge in [-0.25, -0.2) is 0 Å². The minimum absolute atomic E-state index is 0.596. The van der Waals surface area contributed by atoms with Gasteiger partial charge in [-0.05, 0) is 60.5 Å². The molecule has 1 aromatic rings. The molecule has 18 heavy (non-hydrogen) atoms. The zero-order valence-corrected chi connectivity index (χ0v) is 13.6. The maximum Gasteiger partial charge on any atom is 0.0504 e. The van der Waals surface area contributed by atoms with Crippen molar-refractivity contribution in [3.8, 4) is 0 Å². The summed E-state index contributed by atoms with van der Waals surface area (Å²) in [5.41, 5.74) is 1.40. The van der Waals surface area contributed by atoms with E-state index < -0.39 is 0 Å². The first-order valence-electron chi connectivity index (χ1n) is 6.89. The molecule has 1 fully saturated rings. The van der Waals surface area contributed by atoms with Crippen molar-refractivity contribution in [1.82, 2.24) is 5.32 Å². The highest BCUT2D eigenvalue weighted by Gasteiger charge is 2.32. The predicted octanol–water partition coefficient (Wildman–Crippen LogP) is 3.50. The Balaban J connectivity index is 2.15. The Kier molecular flexibility index (Phi) is 4.90. The minimum Gasteiger partial charge on any atom is -0.368 e. The Morgan fingerprint density at radius 3 is 2.72 bits per heavy atom. The van der Waals surface area contributed by atoms with Crippen LogP contribution in [0, 0.1) is 9.49 Å². The third-order valence-electron chi connectivity index (χ3n) is 4.20. The third kappa shape index (κ3) is 2.82. The van der Waals surface area contributed by atoms with Gasteiger partial charge in [0, 0.05) is 22.2 Å². The molecule has 3 heteroatoms. The van der Waals surface area contributed by atoms with Gasteiger partial charge in [0.1, 0.15) is 0 Å². The summed E-state index contributed by atoms with van der Waals surface area (Å²) in [5, 5.41) is 3.62. The van der Waals surface area contributed by atoms with E-state index in [0.29, 0.717) is 18.0 Å².